The van der Waals surface area contributed by atoms with Crippen molar-refractivity contribution < 1.29 is 9.47 Å². The molecule has 0 aliphatic rings. The van der Waals surface area contributed by atoms with Crippen LogP contribution in [-0.2, 0) is 0 Å². The molecule has 0 spiro atoms. The van der Waals surface area contributed by atoms with Gasteiger partial charge in [0.15, 0.2) is 10.9 Å². The molecule has 48 heavy (non-hydrogen) atoms. The van der Waals surface area contributed by atoms with Crippen molar-refractivity contribution in [1.29, 1.82) is 0 Å². The highest BCUT2D eigenvalue weighted by Gasteiger charge is 2.20. The number of fused-ring (bicyclic) bond motifs is 4. The van der Waals surface area contributed by atoms with Gasteiger partial charge in [0.05, 0.1) is 36.3 Å². The Kier molecular flexibility index (Phi) is 8.04. The molecule has 242 valence electrons. The zero-order chi connectivity index (χ0) is 33.7. The van der Waals surface area contributed by atoms with Crippen molar-refractivity contribution in [3.8, 4) is 22.9 Å². The zero-order valence-corrected chi connectivity index (χ0v) is 28.3. The van der Waals surface area contributed by atoms with E-state index in [2.05, 4.69) is 49.0 Å². The highest BCUT2D eigenvalue weighted by Crippen LogP contribution is 2.33. The summed E-state index contributed by atoms with van der Waals surface area (Å²) in [5.74, 6) is 2.10. The first-order valence-electron chi connectivity index (χ1n) is 16.7. The molecule has 2 unspecified atom stereocenters. The molecule has 0 saturated heterocycles. The summed E-state index contributed by atoms with van der Waals surface area (Å²) >= 11 is 0. The van der Waals surface area contributed by atoms with Crippen LogP contribution in [0.3, 0.4) is 0 Å². The number of nitrogens with zero attached hydrogens (tertiary/aromatic N) is 2. The molecule has 2 heterocycles. The van der Waals surface area contributed by atoms with Gasteiger partial charge in [-0.2, -0.15) is 0 Å². The number of ether oxygens (including phenoxy) is 2. The molecule has 6 nitrogen and oxygen atoms in total. The third-order valence-corrected chi connectivity index (χ3v) is 10.1. The van der Waals surface area contributed by atoms with Crippen LogP contribution in [-0.4, -0.2) is 23.4 Å². The SMILES string of the molecule is CCC(C)c1ccc2c(c1)c(=O)c1cc3c(cc1n2-c1ccc(OC)cc1)c(=O)c1cc(C(C)CC)ccc1n3-c1ccc(OC)cc1. The molecule has 2 aromatic heterocycles. The monoisotopic (exact) mass is 636 g/mol. The number of hydrogen-bond donors (Lipinski definition) is 0. The van der Waals surface area contributed by atoms with E-state index in [1.165, 1.54) is 0 Å². The van der Waals surface area contributed by atoms with Gasteiger partial charge in [0, 0.05) is 32.9 Å². The summed E-state index contributed by atoms with van der Waals surface area (Å²) in [6, 6.07) is 31.9. The Balaban J connectivity index is 1.67. The Morgan fingerprint density at radius 3 is 1.19 bits per heavy atom. The number of hydrogen-bond acceptors (Lipinski definition) is 4. The Labute approximate surface area is 279 Å². The maximum absolute atomic E-state index is 14.6. The molecule has 0 bridgehead atoms. The molecule has 0 aliphatic heterocycles. The second-order valence-electron chi connectivity index (χ2n) is 12.8. The lowest BCUT2D eigenvalue weighted by Gasteiger charge is -2.20. The van der Waals surface area contributed by atoms with Gasteiger partial charge in [-0.3, -0.25) is 9.59 Å². The maximum atomic E-state index is 14.6. The van der Waals surface area contributed by atoms with Gasteiger partial charge in [-0.1, -0.05) is 39.8 Å². The van der Waals surface area contributed by atoms with E-state index in [-0.39, 0.29) is 10.9 Å². The number of methoxy groups -OCH3 is 2. The Bertz CT molecular complexity index is 2280. The fourth-order valence-electron chi connectivity index (χ4n) is 6.82. The van der Waals surface area contributed by atoms with Crippen LogP contribution >= 0.6 is 0 Å². The van der Waals surface area contributed by atoms with E-state index >= 15 is 0 Å². The van der Waals surface area contributed by atoms with Crippen LogP contribution in [0.25, 0.3) is 55.0 Å². The number of pyridine rings is 2. The summed E-state index contributed by atoms with van der Waals surface area (Å²) in [5.41, 5.74) is 6.82. The second kappa shape index (κ2) is 12.3. The standard InChI is InChI=1S/C42H40N2O4/c1-7-25(3)27-9-19-37-33(21-27)41(45)35-23-40-36(24-39(35)43(37)29-11-15-31(47-5)16-12-29)42(46)34-22-28(26(4)8-2)10-20-38(34)44(40)30-13-17-32(48-6)18-14-30/h9-26H,7-8H2,1-6H3. The molecule has 0 amide bonds. The summed E-state index contributed by atoms with van der Waals surface area (Å²) in [7, 11) is 3.29. The van der Waals surface area contributed by atoms with Gasteiger partial charge < -0.3 is 18.6 Å². The largest absolute Gasteiger partial charge is 0.497 e. The van der Waals surface area contributed by atoms with Gasteiger partial charge in [0.1, 0.15) is 11.5 Å². The van der Waals surface area contributed by atoms with Gasteiger partial charge in [-0.05, 0) is 121 Å². The third-order valence-electron chi connectivity index (χ3n) is 10.1. The first-order chi connectivity index (χ1) is 23.3. The van der Waals surface area contributed by atoms with Crippen LogP contribution in [0, 0.1) is 0 Å². The number of aromatic nitrogens is 2. The highest BCUT2D eigenvalue weighted by atomic mass is 16.5. The Morgan fingerprint density at radius 2 is 0.854 bits per heavy atom. The van der Waals surface area contributed by atoms with Gasteiger partial charge in [-0.15, -0.1) is 0 Å². The molecule has 0 fully saturated rings. The minimum atomic E-state index is -0.0576. The van der Waals surface area contributed by atoms with Crippen LogP contribution in [0.5, 0.6) is 11.5 Å². The van der Waals surface area contributed by atoms with Crippen LogP contribution < -0.4 is 20.3 Å². The molecule has 0 saturated carbocycles. The van der Waals surface area contributed by atoms with Crippen LogP contribution in [0.4, 0.5) is 0 Å². The predicted octanol–water partition coefficient (Wildman–Crippen LogP) is 9.65. The van der Waals surface area contributed by atoms with Crippen molar-refractivity contribution in [2.75, 3.05) is 14.2 Å². The predicted molar refractivity (Wildman–Crippen MR) is 198 cm³/mol. The van der Waals surface area contributed by atoms with Crippen LogP contribution in [0.2, 0.25) is 0 Å². The van der Waals surface area contributed by atoms with Gasteiger partial charge >= 0.3 is 0 Å². The molecular formula is C42H40N2O4. The van der Waals surface area contributed by atoms with Crippen molar-refractivity contribution in [3.05, 3.63) is 129 Å². The van der Waals surface area contributed by atoms with Crippen molar-refractivity contribution in [2.24, 2.45) is 0 Å². The molecule has 2 atom stereocenters. The Hall–Kier alpha value is -5.36. The van der Waals surface area contributed by atoms with Crippen molar-refractivity contribution in [1.82, 2.24) is 9.13 Å². The first-order valence-corrected chi connectivity index (χ1v) is 16.7. The fourth-order valence-corrected chi connectivity index (χ4v) is 6.82. The molecule has 0 radical (unpaired) electrons. The van der Waals surface area contributed by atoms with Gasteiger partial charge in [0.25, 0.3) is 0 Å². The van der Waals surface area contributed by atoms with Crippen molar-refractivity contribution in [3.63, 3.8) is 0 Å². The maximum Gasteiger partial charge on any atom is 0.197 e. The van der Waals surface area contributed by atoms with E-state index in [0.29, 0.717) is 44.4 Å². The highest BCUT2D eigenvalue weighted by molar-refractivity contribution is 6.05. The van der Waals surface area contributed by atoms with Crippen molar-refractivity contribution in [2.45, 2.75) is 52.4 Å². The van der Waals surface area contributed by atoms with Crippen LogP contribution in [0.1, 0.15) is 63.5 Å². The van der Waals surface area contributed by atoms with E-state index in [4.69, 9.17) is 9.47 Å². The second-order valence-corrected chi connectivity index (χ2v) is 12.8. The van der Waals surface area contributed by atoms with Gasteiger partial charge in [-0.25, -0.2) is 0 Å². The molecule has 6 heteroatoms. The Morgan fingerprint density at radius 1 is 0.500 bits per heavy atom. The summed E-state index contributed by atoms with van der Waals surface area (Å²) < 4.78 is 15.1. The smallest absolute Gasteiger partial charge is 0.197 e. The number of rotatable bonds is 8. The lowest BCUT2D eigenvalue weighted by atomic mass is 9.95. The molecule has 7 rings (SSSR count). The lowest BCUT2D eigenvalue weighted by Crippen LogP contribution is -2.15. The van der Waals surface area contributed by atoms with E-state index in [1.54, 1.807) is 14.2 Å². The summed E-state index contributed by atoms with van der Waals surface area (Å²) in [5, 5.41) is 2.38. The molecule has 7 aromatic rings. The van der Waals surface area contributed by atoms with Crippen LogP contribution in [0.15, 0.2) is 107 Å². The molecule has 0 aliphatic carbocycles. The lowest BCUT2D eigenvalue weighted by molar-refractivity contribution is 0.414. The van der Waals surface area contributed by atoms with E-state index in [0.717, 1.165) is 57.9 Å². The van der Waals surface area contributed by atoms with Gasteiger partial charge in [0.2, 0.25) is 0 Å². The summed E-state index contributed by atoms with van der Waals surface area (Å²) in [6.45, 7) is 8.68. The fraction of sp³-hybridized carbons (Fsp3) is 0.238. The topological polar surface area (TPSA) is 62.5 Å². The molecule has 5 aromatic carbocycles. The summed E-state index contributed by atoms with van der Waals surface area (Å²) in [6.07, 6.45) is 1.94. The normalized spacial score (nSPS) is 13.0. The zero-order valence-electron chi connectivity index (χ0n) is 28.3. The minimum Gasteiger partial charge on any atom is -0.497 e. The third kappa shape index (κ3) is 5.03. The quantitative estimate of drug-likeness (QED) is 0.156. The molecular weight excluding hydrogens is 596 g/mol. The van der Waals surface area contributed by atoms with E-state index in [1.807, 2.05) is 84.9 Å². The first kappa shape index (κ1) is 31.3. The van der Waals surface area contributed by atoms with Crippen molar-refractivity contribution >= 4 is 43.6 Å². The average molecular weight is 637 g/mol. The average Bonchev–Trinajstić information content (AvgIpc) is 3.14. The van der Waals surface area contributed by atoms with E-state index in [9.17, 15) is 9.59 Å². The summed E-state index contributed by atoms with van der Waals surface area (Å²) in [4.78, 5) is 29.1. The number of benzene rings is 5. The minimum absolute atomic E-state index is 0.0576. The molecule has 0 N–H and O–H groups in total. The van der Waals surface area contributed by atoms with E-state index < -0.39 is 0 Å².